The molecular weight excluding hydrogens is 441 g/mol. The molecular formula is C23H28FN7O3. The van der Waals surface area contributed by atoms with Crippen LogP contribution < -0.4 is 15.5 Å². The molecule has 4 heterocycles. The van der Waals surface area contributed by atoms with E-state index in [1.165, 1.54) is 17.1 Å². The van der Waals surface area contributed by atoms with Crippen LogP contribution in [-0.2, 0) is 9.53 Å². The molecule has 1 atom stereocenters. The Morgan fingerprint density at radius 3 is 2.68 bits per heavy atom. The van der Waals surface area contributed by atoms with E-state index < -0.39 is 12.0 Å². The number of rotatable bonds is 7. The number of hydrogen-bond donors (Lipinski definition) is 2. The number of amides is 2. The minimum Gasteiger partial charge on any atom is -0.383 e. The van der Waals surface area contributed by atoms with Crippen LogP contribution in [-0.4, -0.2) is 65.5 Å². The number of pyridine rings is 2. The Bertz CT molecular complexity index is 1110. The number of nitrogens with zero attached hydrogens (tertiary/aromatic N) is 5. The van der Waals surface area contributed by atoms with Gasteiger partial charge in [-0.15, -0.1) is 0 Å². The molecule has 11 heteroatoms. The number of carbonyl (C=O) groups is 2. The average molecular weight is 470 g/mol. The first-order valence-corrected chi connectivity index (χ1v) is 11.0. The molecule has 2 aliphatic heterocycles. The fourth-order valence-corrected chi connectivity index (χ4v) is 3.82. The second kappa shape index (κ2) is 9.34. The lowest BCUT2D eigenvalue weighted by atomic mass is 9.87. The summed E-state index contributed by atoms with van der Waals surface area (Å²) in [5.74, 6) is 0.0826. The molecule has 2 aliphatic rings. The summed E-state index contributed by atoms with van der Waals surface area (Å²) in [7, 11) is 1.61. The maximum Gasteiger partial charge on any atom is 0.279 e. The zero-order valence-corrected chi connectivity index (χ0v) is 19.6. The molecule has 2 aromatic heterocycles. The molecule has 0 saturated carbocycles. The van der Waals surface area contributed by atoms with Crippen LogP contribution in [0.5, 0.6) is 0 Å². The summed E-state index contributed by atoms with van der Waals surface area (Å²) in [5, 5.41) is 11.9. The van der Waals surface area contributed by atoms with Gasteiger partial charge in [0.1, 0.15) is 36.0 Å². The number of carbonyl (C=O) groups excluding carboxylic acids is 2. The fourth-order valence-electron chi connectivity index (χ4n) is 3.82. The SMILES string of the molecule is COCCNc1ccc2c(n1)N(CC(=O)Nc1ccc(F)cn1)C1CC(C(C)(C)C)=NN1C2=O. The van der Waals surface area contributed by atoms with E-state index in [-0.39, 0.29) is 29.6 Å². The minimum absolute atomic E-state index is 0.0953. The zero-order valence-electron chi connectivity index (χ0n) is 19.6. The molecule has 0 aliphatic carbocycles. The van der Waals surface area contributed by atoms with Crippen molar-refractivity contribution >= 4 is 35.0 Å². The summed E-state index contributed by atoms with van der Waals surface area (Å²) in [6.07, 6.45) is 1.04. The second-order valence-electron chi connectivity index (χ2n) is 9.16. The van der Waals surface area contributed by atoms with Gasteiger partial charge in [0.15, 0.2) is 0 Å². The Kier molecular flexibility index (Phi) is 6.47. The van der Waals surface area contributed by atoms with Crippen LogP contribution in [0.4, 0.5) is 21.8 Å². The summed E-state index contributed by atoms with van der Waals surface area (Å²) in [4.78, 5) is 36.5. The topological polar surface area (TPSA) is 112 Å². The Balaban J connectivity index is 1.64. The molecule has 0 radical (unpaired) electrons. The third kappa shape index (κ3) is 4.84. The standard InChI is InChI=1S/C23H28FN7O3/c1-23(2,3)16-11-20-30(13-19(32)27-18-7-5-14(24)12-26-18)21-15(22(33)31(20)29-16)6-8-17(28-21)25-9-10-34-4/h5-8,12,20H,9-11,13H2,1-4H3,(H,25,28)(H,26,27,32). The number of nitrogens with one attached hydrogen (secondary N) is 2. The van der Waals surface area contributed by atoms with Gasteiger partial charge in [0.2, 0.25) is 5.91 Å². The largest absolute Gasteiger partial charge is 0.383 e. The molecule has 0 spiro atoms. The van der Waals surface area contributed by atoms with Crippen molar-refractivity contribution in [1.82, 2.24) is 15.0 Å². The van der Waals surface area contributed by atoms with E-state index in [2.05, 4.69) is 25.7 Å². The van der Waals surface area contributed by atoms with Crippen molar-refractivity contribution in [3.63, 3.8) is 0 Å². The smallest absolute Gasteiger partial charge is 0.279 e. The first kappa shape index (κ1) is 23.6. The van der Waals surface area contributed by atoms with Crippen molar-refractivity contribution in [3.05, 3.63) is 41.8 Å². The number of ether oxygens (including phenoxy) is 1. The van der Waals surface area contributed by atoms with Crippen LogP contribution in [0, 0.1) is 11.2 Å². The zero-order chi connectivity index (χ0) is 24.5. The van der Waals surface area contributed by atoms with Gasteiger partial charge in [-0.2, -0.15) is 5.10 Å². The molecule has 2 N–H and O–H groups in total. The van der Waals surface area contributed by atoms with E-state index in [1.807, 2.05) is 20.8 Å². The predicted molar refractivity (Wildman–Crippen MR) is 126 cm³/mol. The molecule has 34 heavy (non-hydrogen) atoms. The van der Waals surface area contributed by atoms with Gasteiger partial charge in [0.05, 0.1) is 18.4 Å². The van der Waals surface area contributed by atoms with Crippen molar-refractivity contribution in [1.29, 1.82) is 0 Å². The molecule has 2 amide bonds. The second-order valence-corrected chi connectivity index (χ2v) is 9.16. The quantitative estimate of drug-likeness (QED) is 0.600. The molecule has 2 aromatic rings. The van der Waals surface area contributed by atoms with E-state index in [0.717, 1.165) is 11.9 Å². The Hall–Kier alpha value is -3.60. The third-order valence-electron chi connectivity index (χ3n) is 5.62. The Labute approximate surface area is 197 Å². The van der Waals surface area contributed by atoms with E-state index in [1.54, 1.807) is 24.1 Å². The van der Waals surface area contributed by atoms with E-state index in [0.29, 0.717) is 36.8 Å². The number of halogens is 1. The number of hydrazone groups is 1. The summed E-state index contributed by atoms with van der Waals surface area (Å²) in [5.41, 5.74) is 0.985. The predicted octanol–water partition coefficient (Wildman–Crippen LogP) is 2.71. The monoisotopic (exact) mass is 469 g/mol. The minimum atomic E-state index is -0.493. The van der Waals surface area contributed by atoms with E-state index >= 15 is 0 Å². The highest BCUT2D eigenvalue weighted by Crippen LogP contribution is 2.37. The van der Waals surface area contributed by atoms with E-state index in [4.69, 9.17) is 4.74 Å². The number of methoxy groups -OCH3 is 1. The summed E-state index contributed by atoms with van der Waals surface area (Å²) >= 11 is 0. The summed E-state index contributed by atoms with van der Waals surface area (Å²) in [6, 6.07) is 6.02. The van der Waals surface area contributed by atoms with Crippen LogP contribution in [0.25, 0.3) is 0 Å². The van der Waals surface area contributed by atoms with Crippen LogP contribution in [0.2, 0.25) is 0 Å². The fraction of sp³-hybridized carbons (Fsp3) is 0.435. The number of fused-ring (bicyclic) bond motifs is 2. The van der Waals surface area contributed by atoms with Gasteiger partial charge in [-0.3, -0.25) is 9.59 Å². The van der Waals surface area contributed by atoms with Crippen LogP contribution in [0.15, 0.2) is 35.6 Å². The van der Waals surface area contributed by atoms with Gasteiger partial charge >= 0.3 is 0 Å². The van der Waals surface area contributed by atoms with Gasteiger partial charge < -0.3 is 20.3 Å². The third-order valence-corrected chi connectivity index (χ3v) is 5.62. The highest BCUT2D eigenvalue weighted by atomic mass is 19.1. The lowest BCUT2D eigenvalue weighted by Gasteiger charge is -2.39. The van der Waals surface area contributed by atoms with Crippen LogP contribution in [0.1, 0.15) is 37.6 Å². The van der Waals surface area contributed by atoms with Crippen molar-refractivity contribution in [3.8, 4) is 0 Å². The molecule has 180 valence electrons. The lowest BCUT2D eigenvalue weighted by Crippen LogP contribution is -2.53. The van der Waals surface area contributed by atoms with Gasteiger partial charge in [0, 0.05) is 31.2 Å². The van der Waals surface area contributed by atoms with Crippen molar-refractivity contribution in [2.75, 3.05) is 42.3 Å². The highest BCUT2D eigenvalue weighted by molar-refractivity contribution is 6.05. The lowest BCUT2D eigenvalue weighted by molar-refractivity contribution is -0.115. The number of aromatic nitrogens is 2. The summed E-state index contributed by atoms with van der Waals surface area (Å²) in [6.45, 7) is 7.05. The number of hydrogen-bond acceptors (Lipinski definition) is 8. The van der Waals surface area contributed by atoms with Crippen molar-refractivity contribution in [2.45, 2.75) is 33.4 Å². The van der Waals surface area contributed by atoms with Crippen LogP contribution >= 0.6 is 0 Å². The normalized spacial score (nSPS) is 17.3. The Morgan fingerprint density at radius 1 is 1.24 bits per heavy atom. The van der Waals surface area contributed by atoms with Crippen molar-refractivity contribution < 1.29 is 18.7 Å². The van der Waals surface area contributed by atoms with E-state index in [9.17, 15) is 14.0 Å². The molecule has 4 rings (SSSR count). The van der Waals surface area contributed by atoms with Gasteiger partial charge in [-0.25, -0.2) is 19.4 Å². The maximum atomic E-state index is 13.3. The first-order valence-electron chi connectivity index (χ1n) is 11.0. The molecule has 1 unspecified atom stereocenters. The molecule has 0 aromatic carbocycles. The van der Waals surface area contributed by atoms with Gasteiger partial charge in [0.25, 0.3) is 5.91 Å². The molecule has 0 fully saturated rings. The molecule has 10 nitrogen and oxygen atoms in total. The number of anilines is 3. The first-order chi connectivity index (χ1) is 16.2. The molecule has 0 bridgehead atoms. The van der Waals surface area contributed by atoms with Gasteiger partial charge in [-0.1, -0.05) is 20.8 Å². The van der Waals surface area contributed by atoms with Crippen molar-refractivity contribution in [2.24, 2.45) is 10.5 Å². The van der Waals surface area contributed by atoms with Crippen LogP contribution in [0.3, 0.4) is 0 Å². The highest BCUT2D eigenvalue weighted by Gasteiger charge is 2.45. The average Bonchev–Trinajstić information content (AvgIpc) is 3.25. The van der Waals surface area contributed by atoms with Gasteiger partial charge in [-0.05, 0) is 24.3 Å². The Morgan fingerprint density at radius 2 is 2.00 bits per heavy atom. The summed E-state index contributed by atoms with van der Waals surface area (Å²) < 4.78 is 18.2. The maximum absolute atomic E-state index is 13.3. The molecule has 0 saturated heterocycles.